The van der Waals surface area contributed by atoms with Gasteiger partial charge < -0.3 is 5.32 Å². The van der Waals surface area contributed by atoms with E-state index in [9.17, 15) is 4.79 Å². The topological polar surface area (TPSA) is 57.1 Å². The Morgan fingerprint density at radius 1 is 1.31 bits per heavy atom. The van der Waals surface area contributed by atoms with Crippen molar-refractivity contribution in [2.45, 2.75) is 45.7 Å². The van der Waals surface area contributed by atoms with Crippen molar-refractivity contribution >= 4 is 22.8 Å². The van der Waals surface area contributed by atoms with Crippen molar-refractivity contribution < 1.29 is 4.79 Å². The average Bonchev–Trinajstić information content (AvgIpc) is 3.10. The summed E-state index contributed by atoms with van der Waals surface area (Å²) in [6.07, 6.45) is 4.36. The first-order valence-electron chi connectivity index (χ1n) is 9.52. The minimum Gasteiger partial charge on any atom is -0.315 e. The van der Waals surface area contributed by atoms with Crippen LogP contribution >= 0.6 is 0 Å². The van der Waals surface area contributed by atoms with Gasteiger partial charge in [0.2, 0.25) is 0 Å². The Morgan fingerprint density at radius 3 is 3.00 bits per heavy atom. The predicted molar refractivity (Wildman–Crippen MR) is 106 cm³/mol. The van der Waals surface area contributed by atoms with Crippen molar-refractivity contribution in [2.75, 3.05) is 19.6 Å². The Labute approximate surface area is 154 Å². The highest BCUT2D eigenvalue weighted by Gasteiger charge is 2.29. The molecule has 2 aliphatic heterocycles. The molecular formula is C21H26N4O. The molecule has 1 unspecified atom stereocenters. The van der Waals surface area contributed by atoms with Crippen LogP contribution in [0, 0.1) is 0 Å². The van der Waals surface area contributed by atoms with Crippen LogP contribution in [0.4, 0.5) is 0 Å². The molecule has 0 bridgehead atoms. The molecule has 1 aliphatic carbocycles. The smallest absolute Gasteiger partial charge is 0.167 e. The Balaban J connectivity index is 1.65. The molecule has 0 saturated carbocycles. The molecule has 0 spiro atoms. The second kappa shape index (κ2) is 7.25. The second-order valence-corrected chi connectivity index (χ2v) is 7.59. The molecule has 1 N–H and O–H groups in total. The van der Waals surface area contributed by atoms with Crippen LogP contribution in [0.15, 0.2) is 34.5 Å². The SMILES string of the molecule is CC1=NN=C(/C=C2\C(=O)Cc3cccc(CN4CCCNCC4C)c32)C1. The molecule has 1 aromatic rings. The molecule has 4 rings (SSSR count). The lowest BCUT2D eigenvalue weighted by molar-refractivity contribution is -0.112. The molecule has 5 heteroatoms. The number of carbonyl (C=O) groups is 1. The van der Waals surface area contributed by atoms with Gasteiger partial charge in [0.1, 0.15) is 0 Å². The third kappa shape index (κ3) is 3.41. The van der Waals surface area contributed by atoms with Crippen molar-refractivity contribution in [3.63, 3.8) is 0 Å². The summed E-state index contributed by atoms with van der Waals surface area (Å²) in [5.41, 5.74) is 6.25. The number of hydrogen-bond acceptors (Lipinski definition) is 5. The number of nitrogens with zero attached hydrogens (tertiary/aromatic N) is 3. The Kier molecular flexibility index (Phi) is 4.83. The summed E-state index contributed by atoms with van der Waals surface area (Å²) in [5.74, 6) is 0.199. The van der Waals surface area contributed by atoms with Crippen LogP contribution in [0.5, 0.6) is 0 Å². The molecule has 1 saturated heterocycles. The number of nitrogens with one attached hydrogen (secondary N) is 1. The van der Waals surface area contributed by atoms with Gasteiger partial charge in [0.05, 0.1) is 5.71 Å². The van der Waals surface area contributed by atoms with E-state index >= 15 is 0 Å². The molecule has 5 nitrogen and oxygen atoms in total. The number of carbonyl (C=O) groups excluding carboxylic acids is 1. The number of allylic oxidation sites excluding steroid dienone is 2. The largest absolute Gasteiger partial charge is 0.315 e. The number of Topliss-reactive ketones (excluding diaryl/α,β-unsaturated/α-hetero) is 1. The van der Waals surface area contributed by atoms with Gasteiger partial charge in [0.15, 0.2) is 5.78 Å². The number of rotatable bonds is 3. The van der Waals surface area contributed by atoms with Crippen molar-refractivity contribution in [1.82, 2.24) is 10.2 Å². The lowest BCUT2D eigenvalue weighted by Gasteiger charge is -2.27. The quantitative estimate of drug-likeness (QED) is 0.853. The van der Waals surface area contributed by atoms with Gasteiger partial charge in [0.25, 0.3) is 0 Å². The molecule has 2 heterocycles. The molecule has 1 aromatic carbocycles. The number of hydrogen-bond donors (Lipinski definition) is 1. The highest BCUT2D eigenvalue weighted by Crippen LogP contribution is 2.34. The monoisotopic (exact) mass is 350 g/mol. The van der Waals surface area contributed by atoms with Crippen molar-refractivity contribution in [2.24, 2.45) is 10.2 Å². The fraction of sp³-hybridized carbons (Fsp3) is 0.476. The maximum atomic E-state index is 12.7. The summed E-state index contributed by atoms with van der Waals surface area (Å²) in [5, 5.41) is 11.8. The van der Waals surface area contributed by atoms with Crippen LogP contribution in [0.2, 0.25) is 0 Å². The predicted octanol–water partition coefficient (Wildman–Crippen LogP) is 2.60. The second-order valence-electron chi connectivity index (χ2n) is 7.59. The molecule has 0 aromatic heterocycles. The zero-order valence-corrected chi connectivity index (χ0v) is 15.6. The zero-order chi connectivity index (χ0) is 18.1. The molecule has 0 radical (unpaired) electrons. The summed E-state index contributed by atoms with van der Waals surface area (Å²) in [6.45, 7) is 8.32. The van der Waals surface area contributed by atoms with E-state index in [0.29, 0.717) is 12.5 Å². The third-order valence-corrected chi connectivity index (χ3v) is 5.49. The molecule has 26 heavy (non-hydrogen) atoms. The van der Waals surface area contributed by atoms with Gasteiger partial charge in [-0.25, -0.2) is 0 Å². The van der Waals surface area contributed by atoms with Gasteiger partial charge in [-0.2, -0.15) is 10.2 Å². The average molecular weight is 350 g/mol. The Morgan fingerprint density at radius 2 is 2.19 bits per heavy atom. The maximum Gasteiger partial charge on any atom is 0.167 e. The molecule has 1 fully saturated rings. The van der Waals surface area contributed by atoms with E-state index in [1.165, 1.54) is 5.56 Å². The molecule has 1 atom stereocenters. The zero-order valence-electron chi connectivity index (χ0n) is 15.6. The van der Waals surface area contributed by atoms with Gasteiger partial charge in [-0.3, -0.25) is 9.69 Å². The molecule has 3 aliphatic rings. The molecule has 0 amide bonds. The summed E-state index contributed by atoms with van der Waals surface area (Å²) < 4.78 is 0. The van der Waals surface area contributed by atoms with E-state index in [1.807, 2.05) is 13.0 Å². The number of ketones is 1. The lowest BCUT2D eigenvalue weighted by atomic mass is 9.97. The van der Waals surface area contributed by atoms with Crippen LogP contribution in [0.1, 0.15) is 43.4 Å². The minimum atomic E-state index is 0.199. The van der Waals surface area contributed by atoms with Crippen LogP contribution in [0.3, 0.4) is 0 Å². The van der Waals surface area contributed by atoms with E-state index in [4.69, 9.17) is 0 Å². The van der Waals surface area contributed by atoms with Crippen LogP contribution in [0.25, 0.3) is 5.57 Å². The van der Waals surface area contributed by atoms with E-state index in [0.717, 1.165) is 67.1 Å². The van der Waals surface area contributed by atoms with E-state index < -0.39 is 0 Å². The lowest BCUT2D eigenvalue weighted by Crippen LogP contribution is -2.37. The summed E-state index contributed by atoms with van der Waals surface area (Å²) in [4.78, 5) is 15.2. The fourth-order valence-electron chi connectivity index (χ4n) is 4.09. The van der Waals surface area contributed by atoms with Crippen LogP contribution in [-0.2, 0) is 17.8 Å². The minimum absolute atomic E-state index is 0.199. The first-order chi connectivity index (χ1) is 12.6. The maximum absolute atomic E-state index is 12.7. The summed E-state index contributed by atoms with van der Waals surface area (Å²) in [7, 11) is 0. The van der Waals surface area contributed by atoms with Crippen LogP contribution in [-0.4, -0.2) is 47.8 Å². The fourth-order valence-corrected chi connectivity index (χ4v) is 4.09. The van der Waals surface area contributed by atoms with Gasteiger partial charge in [-0.05, 0) is 49.6 Å². The third-order valence-electron chi connectivity index (χ3n) is 5.49. The van der Waals surface area contributed by atoms with E-state index in [2.05, 4.69) is 45.5 Å². The number of benzene rings is 1. The van der Waals surface area contributed by atoms with Gasteiger partial charge >= 0.3 is 0 Å². The van der Waals surface area contributed by atoms with Crippen molar-refractivity contribution in [1.29, 1.82) is 0 Å². The van der Waals surface area contributed by atoms with Gasteiger partial charge in [-0.15, -0.1) is 0 Å². The molecule has 136 valence electrons. The molecular weight excluding hydrogens is 324 g/mol. The summed E-state index contributed by atoms with van der Waals surface area (Å²) in [6, 6.07) is 6.84. The Bertz CT molecular complexity index is 821. The standard InChI is InChI=1S/C21H26N4O/c1-14-9-18(24-23-14)11-19-20(26)10-16-5-3-6-17(21(16)19)13-25-8-4-7-22-12-15(25)2/h3,5-6,11,15,22H,4,7-10,12-13H2,1-2H3/b19-11+. The van der Waals surface area contributed by atoms with Gasteiger partial charge in [0, 0.05) is 49.8 Å². The van der Waals surface area contributed by atoms with E-state index in [-0.39, 0.29) is 5.78 Å². The van der Waals surface area contributed by atoms with Crippen molar-refractivity contribution in [3.05, 3.63) is 41.0 Å². The normalized spacial score (nSPS) is 25.2. The highest BCUT2D eigenvalue weighted by atomic mass is 16.1. The first kappa shape index (κ1) is 17.3. The van der Waals surface area contributed by atoms with E-state index in [1.54, 1.807) is 0 Å². The highest BCUT2D eigenvalue weighted by molar-refractivity contribution is 6.30. The summed E-state index contributed by atoms with van der Waals surface area (Å²) >= 11 is 0. The Hall–Kier alpha value is -2.11. The first-order valence-corrected chi connectivity index (χ1v) is 9.52. The van der Waals surface area contributed by atoms with Crippen LogP contribution < -0.4 is 5.32 Å². The van der Waals surface area contributed by atoms with Gasteiger partial charge in [-0.1, -0.05) is 18.2 Å². The van der Waals surface area contributed by atoms with Crippen molar-refractivity contribution in [3.8, 4) is 0 Å². The number of fused-ring (bicyclic) bond motifs is 1.